The van der Waals surface area contributed by atoms with E-state index >= 15 is 0 Å². The van der Waals surface area contributed by atoms with Crippen LogP contribution in [0.15, 0.2) is 24.3 Å². The topological polar surface area (TPSA) is 29.5 Å². The smallest absolute Gasteiger partial charge is 0.158 e. The maximum atomic E-state index is 9.07. The van der Waals surface area contributed by atoms with Crippen LogP contribution in [0.25, 0.3) is 0 Å². The predicted octanol–water partition coefficient (Wildman–Crippen LogP) is 0.994. The van der Waals surface area contributed by atoms with E-state index in [2.05, 4.69) is 10.8 Å². The summed E-state index contributed by atoms with van der Waals surface area (Å²) in [4.78, 5) is 0. The van der Waals surface area contributed by atoms with Gasteiger partial charge in [0.1, 0.15) is 0 Å². The first-order valence-electron chi connectivity index (χ1n) is 3.49. The second kappa shape index (κ2) is 4.11. The van der Waals surface area contributed by atoms with Gasteiger partial charge in [0, 0.05) is 13.5 Å². The van der Waals surface area contributed by atoms with Crippen molar-refractivity contribution in [2.45, 2.75) is 12.7 Å². The first-order valence-corrected chi connectivity index (χ1v) is 3.49. The van der Waals surface area contributed by atoms with Gasteiger partial charge in [0.25, 0.3) is 0 Å². The zero-order chi connectivity index (χ0) is 8.10. The Kier molecular flexibility index (Phi) is 3.08. The third-order valence-corrected chi connectivity index (χ3v) is 1.44. The summed E-state index contributed by atoms with van der Waals surface area (Å²) in [6, 6.07) is 10.5. The lowest BCUT2D eigenvalue weighted by Gasteiger charge is -2.06. The molecule has 2 heteroatoms. The number of hydrogen-bond donors (Lipinski definition) is 1. The highest BCUT2D eigenvalue weighted by Crippen LogP contribution is 2.01. The van der Waals surface area contributed by atoms with Crippen molar-refractivity contribution < 1.29 is 9.84 Å². The Morgan fingerprint density at radius 2 is 2.45 bits per heavy atom. The van der Waals surface area contributed by atoms with Crippen molar-refractivity contribution in [1.29, 1.82) is 0 Å². The first kappa shape index (κ1) is 8.24. The van der Waals surface area contributed by atoms with Gasteiger partial charge in [-0.15, -0.1) is 0 Å². The number of methoxy groups -OCH3 is 1. The Hall–Kier alpha value is -0.860. The average Bonchev–Trinajstić information content (AvgIpc) is 2.06. The second-order valence-corrected chi connectivity index (χ2v) is 2.28. The molecule has 0 aromatic heterocycles. The lowest BCUT2D eigenvalue weighted by molar-refractivity contribution is -0.0720. The minimum Gasteiger partial charge on any atom is -0.368 e. The molecule has 1 aromatic rings. The lowest BCUT2D eigenvalue weighted by atomic mass is 10.1. The van der Waals surface area contributed by atoms with E-state index < -0.39 is 6.29 Å². The van der Waals surface area contributed by atoms with E-state index in [0.717, 1.165) is 5.56 Å². The molecule has 0 saturated heterocycles. The zero-order valence-corrected chi connectivity index (χ0v) is 6.45. The Balaban J connectivity index is 2.51. The molecule has 59 valence electrons. The van der Waals surface area contributed by atoms with Gasteiger partial charge in [-0.05, 0) is 11.6 Å². The number of benzene rings is 1. The third kappa shape index (κ3) is 2.70. The van der Waals surface area contributed by atoms with Crippen LogP contribution in [0.5, 0.6) is 0 Å². The summed E-state index contributed by atoms with van der Waals surface area (Å²) < 4.78 is 4.69. The fraction of sp³-hybridized carbons (Fsp3) is 0.333. The highest BCUT2D eigenvalue weighted by Gasteiger charge is 2.01. The third-order valence-electron chi connectivity index (χ3n) is 1.44. The summed E-state index contributed by atoms with van der Waals surface area (Å²) in [7, 11) is 1.48. The van der Waals surface area contributed by atoms with Crippen molar-refractivity contribution in [3.8, 4) is 0 Å². The van der Waals surface area contributed by atoms with Crippen molar-refractivity contribution in [2.24, 2.45) is 0 Å². The molecule has 0 saturated carbocycles. The summed E-state index contributed by atoms with van der Waals surface area (Å²) >= 11 is 0. The maximum absolute atomic E-state index is 9.07. The van der Waals surface area contributed by atoms with Crippen molar-refractivity contribution >= 4 is 0 Å². The number of hydrogen-bond acceptors (Lipinski definition) is 2. The summed E-state index contributed by atoms with van der Waals surface area (Å²) in [5.74, 6) is 0. The van der Waals surface area contributed by atoms with Crippen LogP contribution >= 0.6 is 0 Å². The van der Waals surface area contributed by atoms with Crippen molar-refractivity contribution in [1.82, 2.24) is 0 Å². The fourth-order valence-electron chi connectivity index (χ4n) is 0.829. The molecule has 0 spiro atoms. The van der Waals surface area contributed by atoms with E-state index in [0.29, 0.717) is 6.42 Å². The van der Waals surface area contributed by atoms with Crippen LogP contribution in [0.2, 0.25) is 0 Å². The highest BCUT2D eigenvalue weighted by molar-refractivity contribution is 5.13. The van der Waals surface area contributed by atoms with Gasteiger partial charge in [0.15, 0.2) is 6.29 Å². The van der Waals surface area contributed by atoms with Crippen LogP contribution in [-0.4, -0.2) is 18.5 Å². The summed E-state index contributed by atoms with van der Waals surface area (Å²) in [5.41, 5.74) is 0.960. The SMILES string of the molecule is COC(O)Cc1[c]cccc1. The molecule has 1 atom stereocenters. The van der Waals surface area contributed by atoms with Crippen LogP contribution < -0.4 is 0 Å². The molecule has 1 radical (unpaired) electrons. The number of aliphatic hydroxyl groups excluding tert-OH is 1. The molecule has 0 heterocycles. The van der Waals surface area contributed by atoms with E-state index in [1.54, 1.807) is 0 Å². The molecule has 0 aliphatic carbocycles. The summed E-state index contributed by atoms with van der Waals surface area (Å²) in [5, 5.41) is 9.07. The van der Waals surface area contributed by atoms with Crippen LogP contribution in [0.4, 0.5) is 0 Å². The molecular formula is C9H11O2. The largest absolute Gasteiger partial charge is 0.368 e. The fourth-order valence-corrected chi connectivity index (χ4v) is 0.829. The molecule has 0 aliphatic heterocycles. The van der Waals surface area contributed by atoms with Crippen LogP contribution in [0.3, 0.4) is 0 Å². The van der Waals surface area contributed by atoms with Crippen molar-refractivity contribution in [3.05, 3.63) is 35.9 Å². The number of aliphatic hydroxyl groups is 1. The normalized spacial score (nSPS) is 12.9. The van der Waals surface area contributed by atoms with Gasteiger partial charge < -0.3 is 9.84 Å². The number of ether oxygens (including phenoxy) is 1. The number of rotatable bonds is 3. The van der Waals surface area contributed by atoms with Crippen LogP contribution in [-0.2, 0) is 11.2 Å². The molecule has 11 heavy (non-hydrogen) atoms. The second-order valence-electron chi connectivity index (χ2n) is 2.28. The summed E-state index contributed by atoms with van der Waals surface area (Å²) in [6.45, 7) is 0. The van der Waals surface area contributed by atoms with Gasteiger partial charge in [-0.2, -0.15) is 0 Å². The van der Waals surface area contributed by atoms with E-state index in [4.69, 9.17) is 5.11 Å². The minimum absolute atomic E-state index is 0.497. The summed E-state index contributed by atoms with van der Waals surface area (Å²) in [6.07, 6.45) is -0.217. The molecule has 0 aliphatic rings. The Morgan fingerprint density at radius 1 is 1.64 bits per heavy atom. The van der Waals surface area contributed by atoms with Gasteiger partial charge in [-0.1, -0.05) is 24.3 Å². The van der Waals surface area contributed by atoms with Gasteiger partial charge in [0.05, 0.1) is 0 Å². The maximum Gasteiger partial charge on any atom is 0.158 e. The van der Waals surface area contributed by atoms with E-state index in [9.17, 15) is 0 Å². The molecule has 1 N–H and O–H groups in total. The monoisotopic (exact) mass is 151 g/mol. The van der Waals surface area contributed by atoms with Crippen LogP contribution in [0.1, 0.15) is 5.56 Å². The lowest BCUT2D eigenvalue weighted by Crippen LogP contribution is -2.12. The highest BCUT2D eigenvalue weighted by atomic mass is 16.6. The first-order chi connectivity index (χ1) is 5.33. The molecule has 0 fully saturated rings. The minimum atomic E-state index is -0.714. The van der Waals surface area contributed by atoms with Crippen molar-refractivity contribution in [3.63, 3.8) is 0 Å². The van der Waals surface area contributed by atoms with Gasteiger partial charge in [0.2, 0.25) is 0 Å². The van der Waals surface area contributed by atoms with E-state index in [1.807, 2.05) is 24.3 Å². The van der Waals surface area contributed by atoms with Gasteiger partial charge in [-0.25, -0.2) is 0 Å². The quantitative estimate of drug-likeness (QED) is 0.653. The zero-order valence-electron chi connectivity index (χ0n) is 6.45. The Morgan fingerprint density at radius 3 is 3.00 bits per heavy atom. The molecule has 1 rings (SSSR count). The molecular weight excluding hydrogens is 140 g/mol. The Labute approximate surface area is 66.4 Å². The van der Waals surface area contributed by atoms with Crippen molar-refractivity contribution in [2.75, 3.05) is 7.11 Å². The van der Waals surface area contributed by atoms with Gasteiger partial charge >= 0.3 is 0 Å². The molecule has 1 unspecified atom stereocenters. The predicted molar refractivity (Wildman–Crippen MR) is 42.0 cm³/mol. The molecule has 2 nitrogen and oxygen atoms in total. The van der Waals surface area contributed by atoms with Gasteiger partial charge in [-0.3, -0.25) is 0 Å². The van der Waals surface area contributed by atoms with Crippen LogP contribution in [0, 0.1) is 6.07 Å². The Bertz CT molecular complexity index is 196. The molecule has 0 amide bonds. The molecule has 1 aromatic carbocycles. The average molecular weight is 151 g/mol. The van der Waals surface area contributed by atoms with E-state index in [1.165, 1.54) is 7.11 Å². The molecule has 0 bridgehead atoms. The van der Waals surface area contributed by atoms with E-state index in [-0.39, 0.29) is 0 Å². The standard InChI is InChI=1S/C9H11O2/c1-11-9(10)7-8-5-3-2-4-6-8/h2-5,9-10H,7H2,1H3.